The van der Waals surface area contributed by atoms with Crippen LogP contribution in [0.5, 0.6) is 5.75 Å². The minimum absolute atomic E-state index is 0.437. The Morgan fingerprint density at radius 2 is 1.67 bits per heavy atom. The Hall–Kier alpha value is -2.00. The largest absolute Gasteiger partial charge is 0.474 e. The van der Waals surface area contributed by atoms with Crippen LogP contribution in [0.2, 0.25) is 5.02 Å². The zero-order valence-corrected chi connectivity index (χ0v) is 10.3. The Bertz CT molecular complexity index is 543. The second kappa shape index (κ2) is 5.56. The van der Waals surface area contributed by atoms with Gasteiger partial charge in [0.15, 0.2) is 0 Å². The van der Waals surface area contributed by atoms with Crippen molar-refractivity contribution in [2.75, 3.05) is 0 Å². The fraction of sp³-hybridized carbons (Fsp3) is 0.0714. The van der Waals surface area contributed by atoms with Gasteiger partial charge < -0.3 is 10.5 Å². The summed E-state index contributed by atoms with van der Waals surface area (Å²) >= 11 is 5.98. The van der Waals surface area contributed by atoms with E-state index in [2.05, 4.69) is 0 Å². The summed E-state index contributed by atoms with van der Waals surface area (Å²) in [5, 5.41) is 0.444. The van der Waals surface area contributed by atoms with Crippen molar-refractivity contribution in [2.45, 2.75) is 6.10 Å². The van der Waals surface area contributed by atoms with Gasteiger partial charge in [0.25, 0.3) is 5.91 Å². The van der Waals surface area contributed by atoms with E-state index < -0.39 is 12.0 Å². The Labute approximate surface area is 110 Å². The summed E-state index contributed by atoms with van der Waals surface area (Å²) in [6.07, 6.45) is -0.842. The molecule has 2 rings (SSSR count). The molecule has 0 fully saturated rings. The molecule has 0 unspecified atom stereocenters. The normalized spacial score (nSPS) is 11.8. The number of para-hydroxylation sites is 1. The van der Waals surface area contributed by atoms with Crippen molar-refractivity contribution in [3.05, 3.63) is 65.2 Å². The number of primary amides is 1. The molecule has 3 nitrogen and oxygen atoms in total. The lowest BCUT2D eigenvalue weighted by Crippen LogP contribution is -2.26. The second-order valence-electron chi connectivity index (χ2n) is 3.74. The highest BCUT2D eigenvalue weighted by Crippen LogP contribution is 2.28. The van der Waals surface area contributed by atoms with Crippen LogP contribution in [-0.4, -0.2) is 5.91 Å². The smallest absolute Gasteiger partial charge is 0.263 e. The first kappa shape index (κ1) is 12.5. The Morgan fingerprint density at radius 1 is 1.06 bits per heavy atom. The lowest BCUT2D eigenvalue weighted by molar-refractivity contribution is -0.124. The fourth-order valence-corrected chi connectivity index (χ4v) is 1.77. The first-order chi connectivity index (χ1) is 8.68. The standard InChI is InChI=1S/C14H12ClNO2/c15-11-8-4-5-9-12(11)18-13(14(16)17)10-6-2-1-3-7-10/h1-9,13H,(H2,16,17)/t13-/m1/s1. The molecule has 0 heterocycles. The molecule has 0 bridgehead atoms. The van der Waals surface area contributed by atoms with Crippen molar-refractivity contribution >= 4 is 17.5 Å². The molecule has 1 atom stereocenters. The number of benzene rings is 2. The molecule has 1 amide bonds. The molecule has 0 spiro atoms. The van der Waals surface area contributed by atoms with E-state index in [0.29, 0.717) is 16.3 Å². The van der Waals surface area contributed by atoms with Gasteiger partial charge >= 0.3 is 0 Å². The van der Waals surface area contributed by atoms with Crippen LogP contribution in [0.1, 0.15) is 11.7 Å². The van der Waals surface area contributed by atoms with Crippen LogP contribution in [0.25, 0.3) is 0 Å². The summed E-state index contributed by atoms with van der Waals surface area (Å²) in [6.45, 7) is 0. The maximum Gasteiger partial charge on any atom is 0.263 e. The van der Waals surface area contributed by atoms with E-state index in [9.17, 15) is 4.79 Å². The first-order valence-corrected chi connectivity index (χ1v) is 5.81. The Balaban J connectivity index is 2.28. The third-order valence-corrected chi connectivity index (χ3v) is 2.75. The average molecular weight is 262 g/mol. The number of nitrogens with two attached hydrogens (primary N) is 1. The van der Waals surface area contributed by atoms with Crippen LogP contribution in [0, 0.1) is 0 Å². The quantitative estimate of drug-likeness (QED) is 0.920. The Kier molecular flexibility index (Phi) is 3.85. The van der Waals surface area contributed by atoms with E-state index in [1.807, 2.05) is 18.2 Å². The molecule has 2 aromatic carbocycles. The predicted molar refractivity (Wildman–Crippen MR) is 70.5 cm³/mol. The van der Waals surface area contributed by atoms with Gasteiger partial charge in [-0.3, -0.25) is 4.79 Å². The summed E-state index contributed by atoms with van der Waals surface area (Å²) in [5.74, 6) is -0.118. The summed E-state index contributed by atoms with van der Waals surface area (Å²) in [6, 6.07) is 16.0. The van der Waals surface area contributed by atoms with Crippen LogP contribution in [0.3, 0.4) is 0 Å². The zero-order valence-electron chi connectivity index (χ0n) is 9.55. The van der Waals surface area contributed by atoms with E-state index in [-0.39, 0.29) is 0 Å². The van der Waals surface area contributed by atoms with Crippen LogP contribution in [0.4, 0.5) is 0 Å². The lowest BCUT2D eigenvalue weighted by atomic mass is 10.1. The highest BCUT2D eigenvalue weighted by molar-refractivity contribution is 6.32. The molecule has 0 aromatic heterocycles. The molecule has 0 saturated heterocycles. The van der Waals surface area contributed by atoms with Gasteiger partial charge in [-0.2, -0.15) is 0 Å². The van der Waals surface area contributed by atoms with Gasteiger partial charge in [0.2, 0.25) is 6.10 Å². The Morgan fingerprint density at radius 3 is 2.28 bits per heavy atom. The molecular weight excluding hydrogens is 250 g/mol. The summed E-state index contributed by atoms with van der Waals surface area (Å²) < 4.78 is 5.59. The molecule has 2 aromatic rings. The molecule has 0 radical (unpaired) electrons. The highest BCUT2D eigenvalue weighted by Gasteiger charge is 2.20. The van der Waals surface area contributed by atoms with Crippen molar-refractivity contribution in [3.8, 4) is 5.75 Å². The molecule has 0 saturated carbocycles. The number of hydrogen-bond donors (Lipinski definition) is 1. The number of rotatable bonds is 4. The van der Waals surface area contributed by atoms with E-state index in [4.69, 9.17) is 22.1 Å². The number of carbonyl (C=O) groups excluding carboxylic acids is 1. The summed E-state index contributed by atoms with van der Waals surface area (Å²) in [4.78, 5) is 11.5. The van der Waals surface area contributed by atoms with Gasteiger partial charge in [-0.25, -0.2) is 0 Å². The van der Waals surface area contributed by atoms with E-state index >= 15 is 0 Å². The molecule has 0 aliphatic rings. The van der Waals surface area contributed by atoms with Gasteiger partial charge in [-0.05, 0) is 12.1 Å². The molecule has 92 valence electrons. The maximum absolute atomic E-state index is 11.5. The van der Waals surface area contributed by atoms with Crippen molar-refractivity contribution in [3.63, 3.8) is 0 Å². The third kappa shape index (κ3) is 2.81. The minimum Gasteiger partial charge on any atom is -0.474 e. The van der Waals surface area contributed by atoms with E-state index in [1.165, 1.54) is 0 Å². The fourth-order valence-electron chi connectivity index (χ4n) is 1.59. The maximum atomic E-state index is 11.5. The lowest BCUT2D eigenvalue weighted by Gasteiger charge is -2.17. The monoisotopic (exact) mass is 261 g/mol. The van der Waals surface area contributed by atoms with Crippen molar-refractivity contribution in [1.29, 1.82) is 0 Å². The van der Waals surface area contributed by atoms with Gasteiger partial charge in [0, 0.05) is 5.56 Å². The number of ether oxygens (including phenoxy) is 1. The highest BCUT2D eigenvalue weighted by atomic mass is 35.5. The number of hydrogen-bond acceptors (Lipinski definition) is 2. The molecular formula is C14H12ClNO2. The zero-order chi connectivity index (χ0) is 13.0. The van der Waals surface area contributed by atoms with Gasteiger partial charge in [0.1, 0.15) is 5.75 Å². The molecule has 4 heteroatoms. The van der Waals surface area contributed by atoms with E-state index in [1.54, 1.807) is 36.4 Å². The first-order valence-electron chi connectivity index (χ1n) is 5.44. The predicted octanol–water partition coefficient (Wildman–Crippen LogP) is 2.95. The topological polar surface area (TPSA) is 52.3 Å². The van der Waals surface area contributed by atoms with Crippen LogP contribution in [-0.2, 0) is 4.79 Å². The SMILES string of the molecule is NC(=O)[C@H](Oc1ccccc1Cl)c1ccccc1. The van der Waals surface area contributed by atoms with Crippen LogP contribution < -0.4 is 10.5 Å². The van der Waals surface area contributed by atoms with Crippen molar-refractivity contribution in [1.82, 2.24) is 0 Å². The number of amides is 1. The van der Waals surface area contributed by atoms with Crippen LogP contribution in [0.15, 0.2) is 54.6 Å². The molecule has 2 N–H and O–H groups in total. The second-order valence-corrected chi connectivity index (χ2v) is 4.15. The number of halogens is 1. The van der Waals surface area contributed by atoms with Gasteiger partial charge in [-0.1, -0.05) is 54.1 Å². The van der Waals surface area contributed by atoms with Crippen molar-refractivity contribution in [2.24, 2.45) is 5.73 Å². The molecule has 0 aliphatic heterocycles. The van der Waals surface area contributed by atoms with Gasteiger partial charge in [-0.15, -0.1) is 0 Å². The summed E-state index contributed by atoms with van der Waals surface area (Å²) in [7, 11) is 0. The van der Waals surface area contributed by atoms with Crippen molar-refractivity contribution < 1.29 is 9.53 Å². The molecule has 18 heavy (non-hydrogen) atoms. The van der Waals surface area contributed by atoms with Crippen LogP contribution >= 0.6 is 11.6 Å². The summed E-state index contributed by atoms with van der Waals surface area (Å²) in [5.41, 5.74) is 6.06. The van der Waals surface area contributed by atoms with Gasteiger partial charge in [0.05, 0.1) is 5.02 Å². The minimum atomic E-state index is -0.842. The average Bonchev–Trinajstić information content (AvgIpc) is 2.38. The number of carbonyl (C=O) groups is 1. The molecule has 0 aliphatic carbocycles. The third-order valence-electron chi connectivity index (χ3n) is 2.44. The van der Waals surface area contributed by atoms with E-state index in [0.717, 1.165) is 0 Å².